The molecule has 7 heteroatoms. The van der Waals surface area contributed by atoms with Crippen LogP contribution in [0.2, 0.25) is 0 Å². The van der Waals surface area contributed by atoms with E-state index in [1.165, 1.54) is 16.3 Å². The Morgan fingerprint density at radius 1 is 1.04 bits per heavy atom. The van der Waals surface area contributed by atoms with Gasteiger partial charge in [-0.05, 0) is 22.9 Å². The van der Waals surface area contributed by atoms with Crippen LogP contribution in [0.3, 0.4) is 0 Å². The second-order valence-corrected chi connectivity index (χ2v) is 7.36. The van der Waals surface area contributed by atoms with Crippen LogP contribution in [-0.2, 0) is 22.6 Å². The Bertz CT molecular complexity index is 1130. The molecule has 25 heavy (non-hydrogen) atoms. The van der Waals surface area contributed by atoms with Crippen molar-refractivity contribution in [3.05, 3.63) is 57.1 Å². The second-order valence-electron chi connectivity index (χ2n) is 6.18. The van der Waals surface area contributed by atoms with Crippen molar-refractivity contribution in [2.24, 2.45) is 0 Å². The molecule has 2 unspecified atom stereocenters. The van der Waals surface area contributed by atoms with E-state index in [1.54, 1.807) is 12.1 Å². The first-order chi connectivity index (χ1) is 12.0. The number of carbonyl (C=O) groups is 1. The van der Waals surface area contributed by atoms with Crippen molar-refractivity contribution in [3.8, 4) is 0 Å². The first-order valence-corrected chi connectivity index (χ1v) is 8.85. The summed E-state index contributed by atoms with van der Waals surface area (Å²) in [4.78, 5) is 36.9. The Morgan fingerprint density at radius 2 is 1.56 bits per heavy atom. The number of esters is 1. The number of benzene rings is 2. The molecule has 2 heterocycles. The molecule has 0 fully saturated rings. The third-order valence-corrected chi connectivity index (χ3v) is 5.41. The van der Waals surface area contributed by atoms with E-state index >= 15 is 0 Å². The van der Waals surface area contributed by atoms with E-state index in [0.29, 0.717) is 10.8 Å². The third-order valence-electron chi connectivity index (χ3n) is 4.53. The zero-order valence-corrected chi connectivity index (χ0v) is 15.0. The van der Waals surface area contributed by atoms with Gasteiger partial charge in [0.05, 0.1) is 28.7 Å². The van der Waals surface area contributed by atoms with Crippen molar-refractivity contribution in [1.29, 1.82) is 0 Å². The molecule has 2 atom stereocenters. The SMILES string of the molecule is CC(=O)OC1Cn2c(=O)c3cc4ccccc4cc3c(=O)n2CC1Br. The van der Waals surface area contributed by atoms with E-state index in [-0.39, 0.29) is 29.0 Å². The van der Waals surface area contributed by atoms with E-state index in [2.05, 4.69) is 15.9 Å². The number of alkyl halides is 1. The maximum Gasteiger partial charge on any atom is 0.303 e. The summed E-state index contributed by atoms with van der Waals surface area (Å²) in [6, 6.07) is 11.1. The number of halogens is 1. The average Bonchev–Trinajstić information content (AvgIpc) is 2.59. The van der Waals surface area contributed by atoms with E-state index in [0.717, 1.165) is 10.8 Å². The van der Waals surface area contributed by atoms with Gasteiger partial charge in [0.2, 0.25) is 0 Å². The fourth-order valence-corrected chi connectivity index (χ4v) is 3.90. The van der Waals surface area contributed by atoms with Gasteiger partial charge in [0.1, 0.15) is 6.10 Å². The molecule has 0 saturated heterocycles. The molecule has 6 nitrogen and oxygen atoms in total. The molecule has 0 saturated carbocycles. The summed E-state index contributed by atoms with van der Waals surface area (Å²) in [6.45, 7) is 1.73. The lowest BCUT2D eigenvalue weighted by atomic mass is 10.1. The summed E-state index contributed by atoms with van der Waals surface area (Å²) < 4.78 is 8.09. The number of rotatable bonds is 1. The van der Waals surface area contributed by atoms with Crippen LogP contribution in [0.5, 0.6) is 0 Å². The minimum Gasteiger partial charge on any atom is -0.459 e. The van der Waals surface area contributed by atoms with Crippen molar-refractivity contribution in [1.82, 2.24) is 9.36 Å². The quantitative estimate of drug-likeness (QED) is 0.354. The van der Waals surface area contributed by atoms with Crippen LogP contribution in [0.25, 0.3) is 21.5 Å². The summed E-state index contributed by atoms with van der Waals surface area (Å²) in [5.74, 6) is -0.412. The lowest BCUT2D eigenvalue weighted by Gasteiger charge is -2.31. The van der Waals surface area contributed by atoms with Gasteiger partial charge in [0, 0.05) is 6.92 Å². The lowest BCUT2D eigenvalue weighted by Crippen LogP contribution is -2.51. The number of nitrogens with zero attached hydrogens (tertiary/aromatic N) is 2. The zero-order chi connectivity index (χ0) is 17.7. The minimum absolute atomic E-state index is 0.145. The molecule has 3 aromatic rings. The minimum atomic E-state index is -0.493. The molecule has 0 aliphatic carbocycles. The molecule has 128 valence electrons. The fourth-order valence-electron chi connectivity index (χ4n) is 3.35. The summed E-state index contributed by atoms with van der Waals surface area (Å²) in [6.07, 6.45) is -0.493. The average molecular weight is 403 g/mol. The van der Waals surface area contributed by atoms with Crippen LogP contribution in [0.1, 0.15) is 6.92 Å². The maximum atomic E-state index is 13.0. The number of hydrogen-bond acceptors (Lipinski definition) is 4. The van der Waals surface area contributed by atoms with Gasteiger partial charge in [-0.15, -0.1) is 0 Å². The van der Waals surface area contributed by atoms with Gasteiger partial charge in [0.15, 0.2) is 0 Å². The number of hydrogen-bond donors (Lipinski definition) is 0. The number of carbonyl (C=O) groups excluding carboxylic acids is 1. The van der Waals surface area contributed by atoms with Gasteiger partial charge >= 0.3 is 5.97 Å². The normalized spacial score (nSPS) is 19.8. The summed E-state index contributed by atoms with van der Waals surface area (Å²) >= 11 is 3.46. The predicted molar refractivity (Wildman–Crippen MR) is 98.2 cm³/mol. The Labute approximate surface area is 150 Å². The number of aromatic nitrogens is 2. The van der Waals surface area contributed by atoms with Gasteiger partial charge in [-0.3, -0.25) is 14.4 Å². The highest BCUT2D eigenvalue weighted by Crippen LogP contribution is 2.21. The van der Waals surface area contributed by atoms with Crippen molar-refractivity contribution >= 4 is 43.4 Å². The highest BCUT2D eigenvalue weighted by atomic mass is 79.9. The fraction of sp³-hybridized carbons (Fsp3) is 0.278. The maximum absolute atomic E-state index is 13.0. The summed E-state index contributed by atoms with van der Waals surface area (Å²) in [5, 5.41) is 2.61. The van der Waals surface area contributed by atoms with Gasteiger partial charge in [-0.1, -0.05) is 40.2 Å². The first-order valence-electron chi connectivity index (χ1n) is 7.93. The number of fused-ring (bicyclic) bond motifs is 3. The van der Waals surface area contributed by atoms with Gasteiger partial charge < -0.3 is 4.74 Å². The Hall–Kier alpha value is -2.41. The van der Waals surface area contributed by atoms with Gasteiger partial charge in [-0.25, -0.2) is 9.36 Å². The third kappa shape index (κ3) is 2.59. The summed E-state index contributed by atoms with van der Waals surface area (Å²) in [7, 11) is 0. The second kappa shape index (κ2) is 5.84. The molecule has 0 N–H and O–H groups in total. The highest BCUT2D eigenvalue weighted by Gasteiger charge is 2.31. The van der Waals surface area contributed by atoms with Gasteiger partial charge in [-0.2, -0.15) is 0 Å². The molecule has 0 bridgehead atoms. The molecule has 1 aromatic heterocycles. The first kappa shape index (κ1) is 16.1. The Morgan fingerprint density at radius 3 is 2.08 bits per heavy atom. The van der Waals surface area contributed by atoms with Crippen molar-refractivity contribution < 1.29 is 9.53 Å². The van der Waals surface area contributed by atoms with E-state index < -0.39 is 12.1 Å². The summed E-state index contributed by atoms with van der Waals surface area (Å²) in [5.41, 5.74) is -0.469. The molecule has 0 radical (unpaired) electrons. The van der Waals surface area contributed by atoms with E-state index in [1.807, 2.05) is 24.3 Å². The molecule has 4 rings (SSSR count). The standard InChI is InChI=1S/C18H15BrN2O4/c1-10(22)25-16-9-21-18(24)14-7-12-5-3-2-4-11(12)6-13(14)17(23)20(21)8-15(16)19/h2-7,15-16H,8-9H2,1H3. The van der Waals surface area contributed by atoms with Crippen molar-refractivity contribution in [2.75, 3.05) is 0 Å². The van der Waals surface area contributed by atoms with Crippen LogP contribution in [-0.4, -0.2) is 26.3 Å². The Kier molecular flexibility index (Phi) is 3.76. The van der Waals surface area contributed by atoms with Crippen LogP contribution >= 0.6 is 15.9 Å². The predicted octanol–water partition coefficient (Wildman–Crippen LogP) is 2.03. The highest BCUT2D eigenvalue weighted by molar-refractivity contribution is 9.09. The van der Waals surface area contributed by atoms with Crippen LogP contribution < -0.4 is 11.1 Å². The topological polar surface area (TPSA) is 70.3 Å². The smallest absolute Gasteiger partial charge is 0.303 e. The molecule has 1 aliphatic heterocycles. The molecule has 0 spiro atoms. The molecular weight excluding hydrogens is 388 g/mol. The molecule has 0 amide bonds. The van der Waals surface area contributed by atoms with Crippen LogP contribution in [0.15, 0.2) is 46.0 Å². The largest absolute Gasteiger partial charge is 0.459 e. The molecule has 1 aliphatic rings. The Balaban J connectivity index is 1.98. The zero-order valence-electron chi connectivity index (χ0n) is 13.4. The molecule has 2 aromatic carbocycles. The van der Waals surface area contributed by atoms with Crippen LogP contribution in [0.4, 0.5) is 0 Å². The monoisotopic (exact) mass is 402 g/mol. The number of ether oxygens (including phenoxy) is 1. The van der Waals surface area contributed by atoms with E-state index in [9.17, 15) is 14.4 Å². The van der Waals surface area contributed by atoms with Crippen molar-refractivity contribution in [2.45, 2.75) is 30.9 Å². The van der Waals surface area contributed by atoms with E-state index in [4.69, 9.17) is 4.74 Å². The van der Waals surface area contributed by atoms with Gasteiger partial charge in [0.25, 0.3) is 11.1 Å². The van der Waals surface area contributed by atoms with Crippen LogP contribution in [0, 0.1) is 0 Å². The lowest BCUT2D eigenvalue weighted by molar-refractivity contribution is -0.148. The molecular formula is C18H15BrN2O4. The van der Waals surface area contributed by atoms with Crippen molar-refractivity contribution in [3.63, 3.8) is 0 Å².